The maximum atomic E-state index is 12.7. The van der Waals surface area contributed by atoms with Crippen LogP contribution in [0.4, 0.5) is 10.9 Å². The van der Waals surface area contributed by atoms with Gasteiger partial charge in [-0.3, -0.25) is 14.5 Å². The number of aromatic nitrogens is 4. The lowest BCUT2D eigenvalue weighted by Crippen LogP contribution is -2.23. The third-order valence-corrected chi connectivity index (χ3v) is 7.40. The molecule has 0 aliphatic heterocycles. The van der Waals surface area contributed by atoms with Crippen LogP contribution in [0.15, 0.2) is 36.1 Å². The van der Waals surface area contributed by atoms with Gasteiger partial charge in [-0.25, -0.2) is 23.4 Å². The molecular formula is C20H22N6O5S2. The van der Waals surface area contributed by atoms with E-state index in [0.717, 1.165) is 11.3 Å². The predicted octanol–water partition coefficient (Wildman–Crippen LogP) is 2.62. The van der Waals surface area contributed by atoms with Crippen molar-refractivity contribution in [1.29, 1.82) is 0 Å². The zero-order valence-electron chi connectivity index (χ0n) is 17.9. The molecule has 4 rings (SSSR count). The minimum absolute atomic E-state index is 0.199. The Morgan fingerprint density at radius 1 is 1.24 bits per heavy atom. The largest absolute Gasteiger partial charge is 0.477 e. The number of sulfonamides is 1. The Bertz CT molecular complexity index is 1230. The summed E-state index contributed by atoms with van der Waals surface area (Å²) in [6, 6.07) is 3.38. The number of amides is 1. The van der Waals surface area contributed by atoms with Gasteiger partial charge in [-0.1, -0.05) is 0 Å². The van der Waals surface area contributed by atoms with Crippen molar-refractivity contribution >= 4 is 38.2 Å². The second-order valence-corrected chi connectivity index (χ2v) is 9.96. The van der Waals surface area contributed by atoms with Crippen LogP contribution < -0.4 is 14.8 Å². The number of carbonyl (C=O) groups excluding carboxylic acids is 1. The Labute approximate surface area is 194 Å². The summed E-state index contributed by atoms with van der Waals surface area (Å²) in [7, 11) is -2.06. The summed E-state index contributed by atoms with van der Waals surface area (Å²) < 4.78 is 37.3. The van der Waals surface area contributed by atoms with E-state index in [1.807, 2.05) is 6.92 Å². The molecule has 3 aromatic heterocycles. The highest BCUT2D eigenvalue weighted by molar-refractivity contribution is 7.93. The molecule has 13 heteroatoms. The van der Waals surface area contributed by atoms with Gasteiger partial charge in [0.25, 0.3) is 5.91 Å². The fourth-order valence-corrected chi connectivity index (χ4v) is 5.23. The maximum absolute atomic E-state index is 12.7. The van der Waals surface area contributed by atoms with E-state index in [1.165, 1.54) is 13.3 Å². The van der Waals surface area contributed by atoms with E-state index in [1.54, 1.807) is 29.9 Å². The zero-order valence-corrected chi connectivity index (χ0v) is 19.5. The number of pyridine rings is 1. The molecular weight excluding hydrogens is 468 g/mol. The second-order valence-electron chi connectivity index (χ2n) is 7.14. The predicted molar refractivity (Wildman–Crippen MR) is 122 cm³/mol. The Balaban J connectivity index is 1.42. The average Bonchev–Trinajstić information content (AvgIpc) is 3.57. The van der Waals surface area contributed by atoms with Crippen molar-refractivity contribution in [1.82, 2.24) is 19.9 Å². The van der Waals surface area contributed by atoms with Crippen molar-refractivity contribution in [3.05, 3.63) is 41.8 Å². The van der Waals surface area contributed by atoms with Gasteiger partial charge in [-0.15, -0.1) is 11.3 Å². The van der Waals surface area contributed by atoms with Crippen LogP contribution in [0.3, 0.4) is 0 Å². The van der Waals surface area contributed by atoms with Crippen LogP contribution in [0.5, 0.6) is 5.88 Å². The SMILES string of the molecule is CCOc1cncc(-c2ccc(NC(=O)C(OC)c3csc(NS(=O)(=O)C4CC4)n3)nc2)n1. The molecule has 3 heterocycles. The van der Waals surface area contributed by atoms with Crippen LogP contribution in [0, 0.1) is 0 Å². The zero-order chi connectivity index (χ0) is 23.4. The van der Waals surface area contributed by atoms with Crippen molar-refractivity contribution in [3.8, 4) is 17.1 Å². The minimum Gasteiger partial charge on any atom is -0.477 e. The first-order valence-corrected chi connectivity index (χ1v) is 12.5. The number of rotatable bonds is 10. The van der Waals surface area contributed by atoms with Gasteiger partial charge in [0.2, 0.25) is 15.9 Å². The number of nitrogens with zero attached hydrogens (tertiary/aromatic N) is 4. The molecule has 33 heavy (non-hydrogen) atoms. The number of anilines is 2. The third-order valence-electron chi connectivity index (χ3n) is 4.67. The number of ether oxygens (including phenoxy) is 2. The molecule has 0 aromatic carbocycles. The first-order valence-electron chi connectivity index (χ1n) is 10.1. The van der Waals surface area contributed by atoms with Gasteiger partial charge < -0.3 is 14.8 Å². The second kappa shape index (κ2) is 9.77. The summed E-state index contributed by atoms with van der Waals surface area (Å²) in [4.78, 5) is 29.7. The molecule has 0 radical (unpaired) electrons. The molecule has 1 saturated carbocycles. The molecule has 0 saturated heterocycles. The topological polar surface area (TPSA) is 145 Å². The smallest absolute Gasteiger partial charge is 0.260 e. The number of methoxy groups -OCH3 is 1. The molecule has 1 atom stereocenters. The van der Waals surface area contributed by atoms with Gasteiger partial charge in [-0.05, 0) is 31.9 Å². The minimum atomic E-state index is -3.43. The molecule has 3 aromatic rings. The number of hydrogen-bond donors (Lipinski definition) is 2. The van der Waals surface area contributed by atoms with Crippen molar-refractivity contribution in [2.75, 3.05) is 23.8 Å². The van der Waals surface area contributed by atoms with Crippen LogP contribution in [0.25, 0.3) is 11.3 Å². The Hall–Kier alpha value is -3.16. The Morgan fingerprint density at radius 3 is 2.73 bits per heavy atom. The van der Waals surface area contributed by atoms with E-state index in [2.05, 4.69) is 30.0 Å². The molecule has 1 unspecified atom stereocenters. The third kappa shape index (κ3) is 5.61. The maximum Gasteiger partial charge on any atom is 0.260 e. The summed E-state index contributed by atoms with van der Waals surface area (Å²) in [5.74, 6) is 0.236. The van der Waals surface area contributed by atoms with Crippen molar-refractivity contribution in [3.63, 3.8) is 0 Å². The van der Waals surface area contributed by atoms with Crippen LogP contribution in [-0.4, -0.2) is 53.2 Å². The van der Waals surface area contributed by atoms with E-state index in [9.17, 15) is 13.2 Å². The lowest BCUT2D eigenvalue weighted by atomic mass is 10.2. The first-order chi connectivity index (χ1) is 15.9. The lowest BCUT2D eigenvalue weighted by Gasteiger charge is -2.13. The number of hydrogen-bond acceptors (Lipinski definition) is 10. The monoisotopic (exact) mass is 490 g/mol. The normalized spacial score (nSPS) is 14.5. The van der Waals surface area contributed by atoms with Gasteiger partial charge in [0, 0.05) is 24.3 Å². The molecule has 174 valence electrons. The number of thiazole rings is 1. The van der Waals surface area contributed by atoms with E-state index in [-0.39, 0.29) is 10.4 Å². The van der Waals surface area contributed by atoms with Crippen LogP contribution in [0.1, 0.15) is 31.6 Å². The highest BCUT2D eigenvalue weighted by atomic mass is 32.2. The van der Waals surface area contributed by atoms with E-state index in [4.69, 9.17) is 9.47 Å². The average molecular weight is 491 g/mol. The molecule has 0 bridgehead atoms. The van der Waals surface area contributed by atoms with E-state index < -0.39 is 22.0 Å². The highest BCUT2D eigenvalue weighted by Crippen LogP contribution is 2.31. The molecule has 1 amide bonds. The van der Waals surface area contributed by atoms with Gasteiger partial charge in [0.05, 0.1) is 35.6 Å². The van der Waals surface area contributed by atoms with Crippen molar-refractivity contribution in [2.24, 2.45) is 0 Å². The van der Waals surface area contributed by atoms with Gasteiger partial charge in [-0.2, -0.15) is 0 Å². The fraction of sp³-hybridized carbons (Fsp3) is 0.350. The van der Waals surface area contributed by atoms with E-state index in [0.29, 0.717) is 48.1 Å². The summed E-state index contributed by atoms with van der Waals surface area (Å²) >= 11 is 1.09. The quantitative estimate of drug-likeness (QED) is 0.438. The molecule has 1 fully saturated rings. The van der Waals surface area contributed by atoms with Crippen LogP contribution in [0.2, 0.25) is 0 Å². The number of nitrogens with one attached hydrogen (secondary N) is 2. The lowest BCUT2D eigenvalue weighted by molar-refractivity contribution is -0.126. The fourth-order valence-electron chi connectivity index (χ4n) is 2.91. The van der Waals surface area contributed by atoms with Gasteiger partial charge in [0.15, 0.2) is 11.2 Å². The molecule has 1 aliphatic carbocycles. The molecule has 11 nitrogen and oxygen atoms in total. The van der Waals surface area contributed by atoms with Crippen LogP contribution >= 0.6 is 11.3 Å². The molecule has 1 aliphatic rings. The van der Waals surface area contributed by atoms with Crippen LogP contribution in [-0.2, 0) is 19.6 Å². The summed E-state index contributed by atoms with van der Waals surface area (Å²) in [5, 5.41) is 4.09. The van der Waals surface area contributed by atoms with Gasteiger partial charge in [0.1, 0.15) is 5.82 Å². The standard InChI is InChI=1S/C20H22N6O5S2/c1-3-31-17-10-21-9-14(23-17)12-4-7-16(22-8-12)25-19(27)18(30-2)15-11-32-20(24-15)26-33(28,29)13-5-6-13/h4,7-11,13,18H,3,5-6H2,1-2H3,(H,24,26)(H,22,25,27). The van der Waals surface area contributed by atoms with E-state index >= 15 is 0 Å². The molecule has 0 spiro atoms. The summed E-state index contributed by atoms with van der Waals surface area (Å²) in [6.07, 6.45) is 4.94. The summed E-state index contributed by atoms with van der Waals surface area (Å²) in [6.45, 7) is 2.34. The van der Waals surface area contributed by atoms with Gasteiger partial charge >= 0.3 is 0 Å². The highest BCUT2D eigenvalue weighted by Gasteiger charge is 2.36. The summed E-state index contributed by atoms with van der Waals surface area (Å²) in [5.41, 5.74) is 1.59. The Kier molecular flexibility index (Phi) is 6.81. The number of carbonyl (C=O) groups is 1. The molecule has 2 N–H and O–H groups in total. The first kappa shape index (κ1) is 23.0. The van der Waals surface area contributed by atoms with Crippen molar-refractivity contribution in [2.45, 2.75) is 31.1 Å². The van der Waals surface area contributed by atoms with Crippen molar-refractivity contribution < 1.29 is 22.7 Å². The Morgan fingerprint density at radius 2 is 2.06 bits per heavy atom.